The van der Waals surface area contributed by atoms with Gasteiger partial charge in [-0.2, -0.15) is 13.2 Å². The fraction of sp³-hybridized carbons (Fsp3) is 0.600. The number of hydrogen-bond acceptors (Lipinski definition) is 2. The normalized spacial score (nSPS) is 20.1. The van der Waals surface area contributed by atoms with Gasteiger partial charge in [0.25, 0.3) is 0 Å². The molecular weight excluding hydrogens is 265 g/mol. The number of likely N-dealkylation sites (tertiary alicyclic amines) is 1. The molecule has 0 bridgehead atoms. The zero-order valence-electron chi connectivity index (χ0n) is 11.9. The summed E-state index contributed by atoms with van der Waals surface area (Å²) in [4.78, 5) is 2.26. The van der Waals surface area contributed by atoms with Gasteiger partial charge in [0.2, 0.25) is 0 Å². The first-order chi connectivity index (χ1) is 9.41. The minimum Gasteiger partial charge on any atom is -0.313 e. The lowest BCUT2D eigenvalue weighted by Gasteiger charge is -2.34. The fourth-order valence-corrected chi connectivity index (χ4v) is 2.94. The molecule has 1 saturated heterocycles. The van der Waals surface area contributed by atoms with E-state index in [-0.39, 0.29) is 6.04 Å². The summed E-state index contributed by atoms with van der Waals surface area (Å²) >= 11 is 0. The van der Waals surface area contributed by atoms with Crippen molar-refractivity contribution < 1.29 is 13.2 Å². The Hall–Kier alpha value is -1.07. The standard InChI is InChI=1S/C15H21F3N2/c1-19-14(11-6-8-20(2)9-7-11)12-4-3-5-13(10-12)15(16,17)18/h3-5,10-11,14,19H,6-9H2,1-2H3. The third-order valence-corrected chi connectivity index (χ3v) is 4.12. The first kappa shape index (κ1) is 15.3. The predicted molar refractivity (Wildman–Crippen MR) is 73.5 cm³/mol. The lowest BCUT2D eigenvalue weighted by molar-refractivity contribution is -0.137. The Kier molecular flexibility index (Phi) is 4.70. The molecule has 112 valence electrons. The van der Waals surface area contributed by atoms with Crippen LogP contribution in [0.25, 0.3) is 0 Å². The van der Waals surface area contributed by atoms with E-state index < -0.39 is 11.7 Å². The zero-order chi connectivity index (χ0) is 14.8. The van der Waals surface area contributed by atoms with Gasteiger partial charge in [-0.15, -0.1) is 0 Å². The Balaban J connectivity index is 2.19. The predicted octanol–water partition coefficient (Wildman–Crippen LogP) is 3.31. The summed E-state index contributed by atoms with van der Waals surface area (Å²) in [5.41, 5.74) is 0.167. The van der Waals surface area contributed by atoms with Crippen LogP contribution in [0.5, 0.6) is 0 Å². The summed E-state index contributed by atoms with van der Waals surface area (Å²) in [6.07, 6.45) is -2.25. The van der Waals surface area contributed by atoms with Gasteiger partial charge in [-0.25, -0.2) is 0 Å². The number of alkyl halides is 3. The summed E-state index contributed by atoms with van der Waals surface area (Å²) in [5.74, 6) is 0.389. The van der Waals surface area contributed by atoms with Crippen molar-refractivity contribution in [3.05, 3.63) is 35.4 Å². The Morgan fingerprint density at radius 3 is 2.45 bits per heavy atom. The average Bonchev–Trinajstić information content (AvgIpc) is 2.41. The summed E-state index contributed by atoms with van der Waals surface area (Å²) in [6.45, 7) is 2.00. The first-order valence-electron chi connectivity index (χ1n) is 6.95. The van der Waals surface area contributed by atoms with E-state index in [0.717, 1.165) is 37.6 Å². The van der Waals surface area contributed by atoms with Crippen LogP contribution in [0.15, 0.2) is 24.3 Å². The van der Waals surface area contributed by atoms with Crippen LogP contribution in [0.2, 0.25) is 0 Å². The first-order valence-corrected chi connectivity index (χ1v) is 6.95. The van der Waals surface area contributed by atoms with E-state index in [1.807, 2.05) is 7.05 Å². The van der Waals surface area contributed by atoms with Gasteiger partial charge in [0, 0.05) is 6.04 Å². The number of nitrogens with zero attached hydrogens (tertiary/aromatic N) is 1. The molecule has 0 aromatic heterocycles. The molecule has 2 rings (SSSR count). The van der Waals surface area contributed by atoms with Gasteiger partial charge >= 0.3 is 6.18 Å². The monoisotopic (exact) mass is 286 g/mol. The quantitative estimate of drug-likeness (QED) is 0.917. The van der Waals surface area contributed by atoms with Crippen molar-refractivity contribution in [1.82, 2.24) is 10.2 Å². The molecule has 0 amide bonds. The van der Waals surface area contributed by atoms with Gasteiger partial charge in [-0.05, 0) is 63.6 Å². The number of piperidine rings is 1. The van der Waals surface area contributed by atoms with E-state index in [1.165, 1.54) is 12.1 Å². The second-order valence-corrected chi connectivity index (χ2v) is 5.53. The van der Waals surface area contributed by atoms with Gasteiger partial charge in [0.1, 0.15) is 0 Å². The van der Waals surface area contributed by atoms with E-state index in [0.29, 0.717) is 5.92 Å². The van der Waals surface area contributed by atoms with E-state index in [1.54, 1.807) is 6.07 Å². The number of benzene rings is 1. The second kappa shape index (κ2) is 6.14. The van der Waals surface area contributed by atoms with Crippen molar-refractivity contribution in [1.29, 1.82) is 0 Å². The third kappa shape index (κ3) is 3.52. The molecule has 1 aliphatic rings. The molecule has 1 atom stereocenters. The largest absolute Gasteiger partial charge is 0.416 e. The summed E-state index contributed by atoms with van der Waals surface area (Å²) in [7, 11) is 3.90. The zero-order valence-corrected chi connectivity index (χ0v) is 11.9. The molecule has 0 spiro atoms. The Morgan fingerprint density at radius 2 is 1.90 bits per heavy atom. The number of nitrogens with one attached hydrogen (secondary N) is 1. The average molecular weight is 286 g/mol. The highest BCUT2D eigenvalue weighted by molar-refractivity contribution is 5.28. The molecule has 1 aliphatic heterocycles. The maximum Gasteiger partial charge on any atom is 0.416 e. The van der Waals surface area contributed by atoms with Gasteiger partial charge in [0.05, 0.1) is 5.56 Å². The minimum absolute atomic E-state index is 0.00833. The molecule has 5 heteroatoms. The van der Waals surface area contributed by atoms with Gasteiger partial charge in [-0.3, -0.25) is 0 Å². The second-order valence-electron chi connectivity index (χ2n) is 5.53. The topological polar surface area (TPSA) is 15.3 Å². The Labute approximate surface area is 118 Å². The van der Waals surface area contributed by atoms with Crippen LogP contribution in [0.1, 0.15) is 30.0 Å². The minimum atomic E-state index is -4.28. The maximum atomic E-state index is 12.8. The number of halogens is 3. The number of hydrogen-bond donors (Lipinski definition) is 1. The Morgan fingerprint density at radius 1 is 1.25 bits per heavy atom. The van der Waals surface area contributed by atoms with Crippen LogP contribution in [0.4, 0.5) is 13.2 Å². The van der Waals surface area contributed by atoms with E-state index in [2.05, 4.69) is 17.3 Å². The molecule has 0 aliphatic carbocycles. The molecule has 2 nitrogen and oxygen atoms in total. The van der Waals surface area contributed by atoms with E-state index in [9.17, 15) is 13.2 Å². The van der Waals surface area contributed by atoms with Crippen LogP contribution in [-0.2, 0) is 6.18 Å². The maximum absolute atomic E-state index is 12.8. The molecule has 1 fully saturated rings. The van der Waals surface area contributed by atoms with Gasteiger partial charge in [0.15, 0.2) is 0 Å². The van der Waals surface area contributed by atoms with Crippen LogP contribution in [0.3, 0.4) is 0 Å². The van der Waals surface area contributed by atoms with Crippen LogP contribution in [0, 0.1) is 5.92 Å². The van der Waals surface area contributed by atoms with Gasteiger partial charge in [-0.1, -0.05) is 12.1 Å². The highest BCUT2D eigenvalue weighted by Gasteiger charge is 2.32. The van der Waals surface area contributed by atoms with Crippen molar-refractivity contribution in [2.45, 2.75) is 25.1 Å². The number of rotatable bonds is 3. The molecule has 1 aromatic carbocycles. The molecule has 1 heterocycles. The molecule has 20 heavy (non-hydrogen) atoms. The Bertz CT molecular complexity index is 437. The lowest BCUT2D eigenvalue weighted by atomic mass is 9.85. The van der Waals surface area contributed by atoms with Crippen molar-refractivity contribution >= 4 is 0 Å². The molecular formula is C15H21F3N2. The van der Waals surface area contributed by atoms with Crippen LogP contribution in [-0.4, -0.2) is 32.1 Å². The summed E-state index contributed by atoms with van der Waals surface area (Å²) in [6, 6.07) is 5.68. The van der Waals surface area contributed by atoms with Crippen LogP contribution >= 0.6 is 0 Å². The van der Waals surface area contributed by atoms with Crippen molar-refractivity contribution in [3.8, 4) is 0 Å². The summed E-state index contributed by atoms with van der Waals surface area (Å²) < 4.78 is 38.4. The highest BCUT2D eigenvalue weighted by atomic mass is 19.4. The molecule has 0 saturated carbocycles. The van der Waals surface area contributed by atoms with Crippen molar-refractivity contribution in [3.63, 3.8) is 0 Å². The van der Waals surface area contributed by atoms with Crippen molar-refractivity contribution in [2.24, 2.45) is 5.92 Å². The molecule has 1 unspecified atom stereocenters. The SMILES string of the molecule is CNC(c1cccc(C(F)(F)F)c1)C1CCN(C)CC1. The van der Waals surface area contributed by atoms with E-state index in [4.69, 9.17) is 0 Å². The molecule has 0 radical (unpaired) electrons. The fourth-order valence-electron chi connectivity index (χ4n) is 2.94. The van der Waals surface area contributed by atoms with Crippen molar-refractivity contribution in [2.75, 3.05) is 27.2 Å². The van der Waals surface area contributed by atoms with E-state index >= 15 is 0 Å². The van der Waals surface area contributed by atoms with Gasteiger partial charge < -0.3 is 10.2 Å². The smallest absolute Gasteiger partial charge is 0.313 e. The molecule has 1 N–H and O–H groups in total. The lowest BCUT2D eigenvalue weighted by Crippen LogP contribution is -2.36. The highest BCUT2D eigenvalue weighted by Crippen LogP contribution is 2.34. The van der Waals surface area contributed by atoms with Crippen LogP contribution < -0.4 is 5.32 Å². The third-order valence-electron chi connectivity index (χ3n) is 4.12. The summed E-state index contributed by atoms with van der Waals surface area (Å²) in [5, 5.41) is 3.20. The molecule has 1 aromatic rings.